The van der Waals surface area contributed by atoms with E-state index in [9.17, 15) is 9.59 Å². The van der Waals surface area contributed by atoms with Crippen LogP contribution in [-0.4, -0.2) is 70.1 Å². The first kappa shape index (κ1) is 16.6. The lowest BCUT2D eigenvalue weighted by Crippen LogP contribution is -2.51. The molecule has 3 fully saturated rings. The van der Waals surface area contributed by atoms with Gasteiger partial charge in [-0.3, -0.25) is 19.6 Å². The molecule has 0 aromatic carbocycles. The Labute approximate surface area is 148 Å². The molecule has 25 heavy (non-hydrogen) atoms. The zero-order valence-corrected chi connectivity index (χ0v) is 14.6. The van der Waals surface area contributed by atoms with Gasteiger partial charge in [-0.25, -0.2) is 0 Å². The molecule has 2 saturated heterocycles. The molecule has 0 bridgehead atoms. The molecule has 1 aliphatic carbocycles. The molecule has 1 unspecified atom stereocenters. The molecule has 2 amide bonds. The van der Waals surface area contributed by atoms with Gasteiger partial charge in [-0.2, -0.15) is 5.10 Å². The van der Waals surface area contributed by atoms with E-state index < -0.39 is 0 Å². The fraction of sp³-hybridized carbons (Fsp3) is 0.722. The molecule has 4 rings (SSSR count). The lowest BCUT2D eigenvalue weighted by Gasteiger charge is -2.42. The Bertz CT molecular complexity index is 605. The van der Waals surface area contributed by atoms with Crippen molar-refractivity contribution in [2.24, 2.45) is 5.92 Å². The smallest absolute Gasteiger partial charge is 0.271 e. The topological polar surface area (TPSA) is 81.3 Å². The van der Waals surface area contributed by atoms with Crippen molar-refractivity contribution in [3.05, 3.63) is 18.0 Å². The molecule has 3 aliphatic rings. The number of hydrogen-bond donors (Lipinski definition) is 2. The van der Waals surface area contributed by atoms with E-state index in [-0.39, 0.29) is 17.7 Å². The second kappa shape index (κ2) is 7.15. The molecule has 1 aromatic rings. The highest BCUT2D eigenvalue weighted by Crippen LogP contribution is 2.26. The fourth-order valence-corrected chi connectivity index (χ4v) is 4.08. The molecule has 7 heteroatoms. The summed E-state index contributed by atoms with van der Waals surface area (Å²) in [7, 11) is 0. The number of likely N-dealkylation sites (tertiary alicyclic amines) is 2. The van der Waals surface area contributed by atoms with Crippen LogP contribution in [0, 0.1) is 5.92 Å². The van der Waals surface area contributed by atoms with Crippen LogP contribution >= 0.6 is 0 Å². The number of aromatic amines is 1. The second-order valence-electron chi connectivity index (χ2n) is 7.61. The van der Waals surface area contributed by atoms with Crippen LogP contribution in [-0.2, 0) is 4.79 Å². The third kappa shape index (κ3) is 3.86. The van der Waals surface area contributed by atoms with Crippen molar-refractivity contribution in [3.63, 3.8) is 0 Å². The van der Waals surface area contributed by atoms with Gasteiger partial charge < -0.3 is 10.2 Å². The average molecular weight is 345 g/mol. The van der Waals surface area contributed by atoms with E-state index in [1.807, 2.05) is 4.90 Å². The number of aromatic nitrogens is 2. The minimum atomic E-state index is 0.0382. The SMILES string of the molecule is O=C(NC1CC1)C1CCCN(C2CCN(C(=O)c3ccn[nH]3)CC2)C1. The molecule has 3 heterocycles. The third-order valence-electron chi connectivity index (χ3n) is 5.75. The van der Waals surface area contributed by atoms with Crippen molar-refractivity contribution < 1.29 is 9.59 Å². The Balaban J connectivity index is 1.28. The number of nitrogens with one attached hydrogen (secondary N) is 2. The van der Waals surface area contributed by atoms with E-state index in [1.165, 1.54) is 0 Å². The Morgan fingerprint density at radius 3 is 2.60 bits per heavy atom. The molecule has 1 atom stereocenters. The summed E-state index contributed by atoms with van der Waals surface area (Å²) in [6.07, 6.45) is 7.96. The van der Waals surface area contributed by atoms with Crippen LogP contribution in [0.5, 0.6) is 0 Å². The predicted octanol–water partition coefficient (Wildman–Crippen LogP) is 1.00. The second-order valence-corrected chi connectivity index (χ2v) is 7.61. The summed E-state index contributed by atoms with van der Waals surface area (Å²) in [6, 6.07) is 2.66. The number of nitrogens with zero attached hydrogens (tertiary/aromatic N) is 3. The summed E-state index contributed by atoms with van der Waals surface area (Å²) in [5.41, 5.74) is 0.563. The predicted molar refractivity (Wildman–Crippen MR) is 93.0 cm³/mol. The van der Waals surface area contributed by atoms with Gasteiger partial charge in [0.15, 0.2) is 0 Å². The number of piperidine rings is 2. The fourth-order valence-electron chi connectivity index (χ4n) is 4.08. The first-order valence-electron chi connectivity index (χ1n) is 9.54. The molecule has 136 valence electrons. The van der Waals surface area contributed by atoms with Gasteiger partial charge >= 0.3 is 0 Å². The third-order valence-corrected chi connectivity index (χ3v) is 5.75. The highest BCUT2D eigenvalue weighted by Gasteiger charge is 2.34. The van der Waals surface area contributed by atoms with Crippen LogP contribution in [0.2, 0.25) is 0 Å². The molecule has 0 spiro atoms. The number of rotatable bonds is 4. The van der Waals surface area contributed by atoms with Crippen molar-refractivity contribution in [1.29, 1.82) is 0 Å². The first-order valence-corrected chi connectivity index (χ1v) is 9.54. The van der Waals surface area contributed by atoms with Crippen LogP contribution in [0.25, 0.3) is 0 Å². The molecule has 7 nitrogen and oxygen atoms in total. The monoisotopic (exact) mass is 345 g/mol. The quantitative estimate of drug-likeness (QED) is 0.853. The van der Waals surface area contributed by atoms with Crippen LogP contribution < -0.4 is 5.32 Å². The van der Waals surface area contributed by atoms with Crippen LogP contribution in [0.15, 0.2) is 12.3 Å². The Morgan fingerprint density at radius 2 is 1.92 bits per heavy atom. The van der Waals surface area contributed by atoms with Crippen molar-refractivity contribution in [2.75, 3.05) is 26.2 Å². The van der Waals surface area contributed by atoms with Crippen molar-refractivity contribution in [1.82, 2.24) is 25.3 Å². The minimum absolute atomic E-state index is 0.0382. The zero-order chi connectivity index (χ0) is 17.2. The lowest BCUT2D eigenvalue weighted by molar-refractivity contribution is -0.127. The molecule has 2 N–H and O–H groups in total. The first-order chi connectivity index (χ1) is 12.2. The standard InChI is InChI=1S/C18H27N5O2/c24-17(20-14-3-4-14)13-2-1-9-23(12-13)15-6-10-22(11-7-15)18(25)16-5-8-19-21-16/h5,8,13-15H,1-4,6-7,9-12H2,(H,19,21)(H,20,24). The van der Waals surface area contributed by atoms with E-state index in [1.54, 1.807) is 12.3 Å². The Morgan fingerprint density at radius 1 is 1.12 bits per heavy atom. The number of H-pyrrole nitrogens is 1. The summed E-state index contributed by atoms with van der Waals surface area (Å²) < 4.78 is 0. The van der Waals surface area contributed by atoms with Gasteiger partial charge in [0.1, 0.15) is 5.69 Å². The molecular formula is C18H27N5O2. The van der Waals surface area contributed by atoms with E-state index in [4.69, 9.17) is 0 Å². The summed E-state index contributed by atoms with van der Waals surface area (Å²) in [6.45, 7) is 3.50. The maximum absolute atomic E-state index is 12.4. The Hall–Kier alpha value is -1.89. The van der Waals surface area contributed by atoms with Crippen LogP contribution in [0.1, 0.15) is 49.0 Å². The van der Waals surface area contributed by atoms with Gasteiger partial charge in [0, 0.05) is 37.9 Å². The maximum atomic E-state index is 12.4. The maximum Gasteiger partial charge on any atom is 0.271 e. The number of carbonyl (C=O) groups excluding carboxylic acids is 2. The van der Waals surface area contributed by atoms with Gasteiger partial charge in [0.25, 0.3) is 5.91 Å². The van der Waals surface area contributed by atoms with Gasteiger partial charge in [-0.15, -0.1) is 0 Å². The molecule has 2 aliphatic heterocycles. The van der Waals surface area contributed by atoms with Crippen LogP contribution in [0.4, 0.5) is 0 Å². The van der Waals surface area contributed by atoms with Crippen LogP contribution in [0.3, 0.4) is 0 Å². The van der Waals surface area contributed by atoms with Crippen molar-refractivity contribution >= 4 is 11.8 Å². The summed E-state index contributed by atoms with van der Waals surface area (Å²) in [5.74, 6) is 0.425. The number of amides is 2. The summed E-state index contributed by atoms with van der Waals surface area (Å²) >= 11 is 0. The number of carbonyl (C=O) groups is 2. The van der Waals surface area contributed by atoms with Gasteiger partial charge in [-0.05, 0) is 51.1 Å². The molecule has 0 radical (unpaired) electrons. The Kier molecular flexibility index (Phi) is 4.74. The van der Waals surface area contributed by atoms with E-state index in [0.717, 1.165) is 64.7 Å². The van der Waals surface area contributed by atoms with E-state index in [2.05, 4.69) is 20.4 Å². The lowest BCUT2D eigenvalue weighted by atomic mass is 9.93. The molecule has 1 saturated carbocycles. The summed E-state index contributed by atoms with van der Waals surface area (Å²) in [4.78, 5) is 29.1. The molecular weight excluding hydrogens is 318 g/mol. The van der Waals surface area contributed by atoms with Gasteiger partial charge in [-0.1, -0.05) is 0 Å². The highest BCUT2D eigenvalue weighted by molar-refractivity contribution is 5.92. The zero-order valence-electron chi connectivity index (χ0n) is 14.6. The molecule has 1 aromatic heterocycles. The van der Waals surface area contributed by atoms with Gasteiger partial charge in [0.2, 0.25) is 5.91 Å². The van der Waals surface area contributed by atoms with Gasteiger partial charge in [0.05, 0.1) is 5.92 Å². The minimum Gasteiger partial charge on any atom is -0.353 e. The van der Waals surface area contributed by atoms with Crippen molar-refractivity contribution in [3.8, 4) is 0 Å². The summed E-state index contributed by atoms with van der Waals surface area (Å²) in [5, 5.41) is 9.77. The number of hydrogen-bond acceptors (Lipinski definition) is 4. The highest BCUT2D eigenvalue weighted by atomic mass is 16.2. The van der Waals surface area contributed by atoms with E-state index >= 15 is 0 Å². The van der Waals surface area contributed by atoms with Crippen molar-refractivity contribution in [2.45, 2.75) is 50.6 Å². The normalized spacial score (nSPS) is 25.8. The average Bonchev–Trinajstić information content (AvgIpc) is 3.30. The van der Waals surface area contributed by atoms with E-state index in [0.29, 0.717) is 17.8 Å². The largest absolute Gasteiger partial charge is 0.353 e.